The van der Waals surface area contributed by atoms with E-state index in [9.17, 15) is 0 Å². The van der Waals surface area contributed by atoms with Gasteiger partial charge in [0.1, 0.15) is 0 Å². The molecule has 0 aliphatic heterocycles. The van der Waals surface area contributed by atoms with Crippen LogP contribution in [0.2, 0.25) is 0 Å². The normalized spacial score (nSPS) is 11.9. The third kappa shape index (κ3) is 7.27. The minimum Gasteiger partial charge on any atom is -0.383 e. The number of hydrogen-bond acceptors (Lipinski definition) is 2. The van der Waals surface area contributed by atoms with Gasteiger partial charge in [0.05, 0.1) is 6.61 Å². The zero-order valence-corrected chi connectivity index (χ0v) is 16.7. The predicted molar refractivity (Wildman–Crippen MR) is 98.0 cm³/mol. The van der Waals surface area contributed by atoms with Crippen LogP contribution in [0.25, 0.3) is 0 Å². The summed E-state index contributed by atoms with van der Waals surface area (Å²) in [7, 11) is 1.74. The number of aryl methyl sites for hydroxylation is 2. The molecule has 1 aromatic rings. The molecular weight excluding hydrogens is 394 g/mol. The topological polar surface area (TPSA) is 21.3 Å². The summed E-state index contributed by atoms with van der Waals surface area (Å²) in [6.45, 7) is 9.58. The second-order valence-corrected chi connectivity index (χ2v) is 8.06. The van der Waals surface area contributed by atoms with E-state index >= 15 is 0 Å². The highest BCUT2D eigenvalue weighted by molar-refractivity contribution is 9.11. The molecule has 0 atom stereocenters. The Labute approximate surface area is 146 Å². The second-order valence-electron chi connectivity index (χ2n) is 6.35. The van der Waals surface area contributed by atoms with Crippen molar-refractivity contribution in [1.29, 1.82) is 0 Å². The number of ether oxygens (including phenoxy) is 1. The summed E-state index contributed by atoms with van der Waals surface area (Å²) in [6.07, 6.45) is 3.47. The van der Waals surface area contributed by atoms with Gasteiger partial charge in [0.2, 0.25) is 0 Å². The first kappa shape index (κ1) is 19.1. The van der Waals surface area contributed by atoms with Gasteiger partial charge in [0.15, 0.2) is 0 Å². The molecule has 2 nitrogen and oxygen atoms in total. The van der Waals surface area contributed by atoms with Crippen molar-refractivity contribution in [2.45, 2.75) is 40.0 Å². The van der Waals surface area contributed by atoms with E-state index in [-0.39, 0.29) is 0 Å². The van der Waals surface area contributed by atoms with E-state index in [0.29, 0.717) is 5.41 Å². The van der Waals surface area contributed by atoms with E-state index in [1.54, 1.807) is 7.11 Å². The minimum absolute atomic E-state index is 0.344. The number of methoxy groups -OCH3 is 1. The molecule has 0 aromatic heterocycles. The van der Waals surface area contributed by atoms with Gasteiger partial charge >= 0.3 is 0 Å². The van der Waals surface area contributed by atoms with Crippen LogP contribution in [0.5, 0.6) is 0 Å². The molecule has 0 radical (unpaired) electrons. The first-order valence-electron chi connectivity index (χ1n) is 7.50. The maximum atomic E-state index is 5.04. The van der Waals surface area contributed by atoms with Crippen molar-refractivity contribution in [3.63, 3.8) is 0 Å². The van der Waals surface area contributed by atoms with E-state index in [4.69, 9.17) is 4.74 Å². The van der Waals surface area contributed by atoms with Crippen molar-refractivity contribution in [2.24, 2.45) is 5.41 Å². The van der Waals surface area contributed by atoms with Crippen LogP contribution >= 0.6 is 31.9 Å². The van der Waals surface area contributed by atoms with Crippen molar-refractivity contribution in [3.05, 3.63) is 32.2 Å². The molecule has 1 aromatic carbocycles. The van der Waals surface area contributed by atoms with Gasteiger partial charge < -0.3 is 10.1 Å². The van der Waals surface area contributed by atoms with E-state index < -0.39 is 0 Å². The molecule has 1 N–H and O–H groups in total. The third-order valence-corrected chi connectivity index (χ3v) is 5.45. The molecular formula is C17H27Br2NO. The summed E-state index contributed by atoms with van der Waals surface area (Å²) in [6, 6.07) is 4.44. The lowest BCUT2D eigenvalue weighted by Crippen LogP contribution is -2.25. The third-order valence-electron chi connectivity index (χ3n) is 3.86. The molecule has 0 bridgehead atoms. The lowest BCUT2D eigenvalue weighted by atomic mass is 9.83. The van der Waals surface area contributed by atoms with E-state index in [0.717, 1.165) is 26.1 Å². The maximum Gasteiger partial charge on any atom is 0.0587 e. The Morgan fingerprint density at radius 3 is 2.48 bits per heavy atom. The number of benzene rings is 1. The molecule has 4 heteroatoms. The average molecular weight is 421 g/mol. The zero-order valence-electron chi connectivity index (χ0n) is 13.6. The van der Waals surface area contributed by atoms with Gasteiger partial charge in [0.25, 0.3) is 0 Å². The van der Waals surface area contributed by atoms with Crippen LogP contribution in [-0.2, 0) is 11.2 Å². The number of hydrogen-bond donors (Lipinski definition) is 1. The van der Waals surface area contributed by atoms with Crippen molar-refractivity contribution >= 4 is 31.9 Å². The number of nitrogens with one attached hydrogen (secondary N) is 1. The molecule has 0 unspecified atom stereocenters. The van der Waals surface area contributed by atoms with E-state index in [2.05, 4.69) is 70.1 Å². The molecule has 0 spiro atoms. The van der Waals surface area contributed by atoms with Crippen molar-refractivity contribution in [2.75, 3.05) is 26.8 Å². The highest BCUT2D eigenvalue weighted by atomic mass is 79.9. The zero-order chi connectivity index (χ0) is 15.9. The van der Waals surface area contributed by atoms with Crippen LogP contribution in [0, 0.1) is 12.3 Å². The summed E-state index contributed by atoms with van der Waals surface area (Å²) < 4.78 is 7.46. The molecule has 21 heavy (non-hydrogen) atoms. The number of halogens is 2. The summed E-state index contributed by atoms with van der Waals surface area (Å²) in [5, 5.41) is 3.43. The van der Waals surface area contributed by atoms with Crippen LogP contribution in [0.15, 0.2) is 21.1 Å². The standard InChI is InChI=1S/C17H27Br2NO/c1-13-11-16(19)14(12-15(13)18)5-6-17(2,3)7-8-20-9-10-21-4/h11-12,20H,5-10H2,1-4H3. The Bertz CT molecular complexity index is 447. The first-order chi connectivity index (χ1) is 9.85. The molecule has 0 heterocycles. The van der Waals surface area contributed by atoms with Gasteiger partial charge in [-0.1, -0.05) is 45.7 Å². The van der Waals surface area contributed by atoms with Crippen LogP contribution < -0.4 is 5.32 Å². The lowest BCUT2D eigenvalue weighted by molar-refractivity contribution is 0.197. The van der Waals surface area contributed by atoms with Crippen LogP contribution in [-0.4, -0.2) is 26.8 Å². The predicted octanol–water partition coefficient (Wildman–Crippen LogP) is 5.10. The summed E-state index contributed by atoms with van der Waals surface area (Å²) >= 11 is 7.31. The molecule has 0 amide bonds. The Morgan fingerprint density at radius 2 is 1.81 bits per heavy atom. The Balaban J connectivity index is 2.44. The molecule has 1 rings (SSSR count). The number of rotatable bonds is 9. The molecule has 0 aliphatic carbocycles. The van der Waals surface area contributed by atoms with E-state index in [1.165, 1.54) is 32.9 Å². The fraction of sp³-hybridized carbons (Fsp3) is 0.647. The van der Waals surface area contributed by atoms with Gasteiger partial charge in [-0.2, -0.15) is 0 Å². The highest BCUT2D eigenvalue weighted by Gasteiger charge is 2.18. The van der Waals surface area contributed by atoms with Crippen LogP contribution in [0.3, 0.4) is 0 Å². The quantitative estimate of drug-likeness (QED) is 0.560. The lowest BCUT2D eigenvalue weighted by Gasteiger charge is -2.25. The second kappa shape index (κ2) is 9.29. The molecule has 0 saturated heterocycles. The fourth-order valence-corrected chi connectivity index (χ4v) is 3.25. The van der Waals surface area contributed by atoms with Crippen molar-refractivity contribution < 1.29 is 4.74 Å². The van der Waals surface area contributed by atoms with Crippen molar-refractivity contribution in [3.8, 4) is 0 Å². The molecule has 0 saturated carbocycles. The summed E-state index contributed by atoms with van der Waals surface area (Å²) in [4.78, 5) is 0. The molecule has 0 aliphatic rings. The van der Waals surface area contributed by atoms with Crippen LogP contribution in [0.1, 0.15) is 37.8 Å². The molecule has 0 fully saturated rings. The smallest absolute Gasteiger partial charge is 0.0587 e. The van der Waals surface area contributed by atoms with E-state index in [1.807, 2.05) is 0 Å². The highest BCUT2D eigenvalue weighted by Crippen LogP contribution is 2.31. The van der Waals surface area contributed by atoms with Crippen molar-refractivity contribution in [1.82, 2.24) is 5.32 Å². The van der Waals surface area contributed by atoms with Crippen LogP contribution in [0.4, 0.5) is 0 Å². The largest absolute Gasteiger partial charge is 0.383 e. The fourth-order valence-electron chi connectivity index (χ4n) is 2.20. The van der Waals surface area contributed by atoms with Gasteiger partial charge in [-0.25, -0.2) is 0 Å². The Hall–Kier alpha value is 0.1000. The molecule has 120 valence electrons. The average Bonchev–Trinajstić information content (AvgIpc) is 2.41. The van der Waals surface area contributed by atoms with Gasteiger partial charge in [-0.3, -0.25) is 0 Å². The van der Waals surface area contributed by atoms with Gasteiger partial charge in [-0.05, 0) is 61.4 Å². The monoisotopic (exact) mass is 419 g/mol. The van der Waals surface area contributed by atoms with Gasteiger partial charge in [-0.15, -0.1) is 0 Å². The summed E-state index contributed by atoms with van der Waals surface area (Å²) in [5.41, 5.74) is 3.00. The maximum absolute atomic E-state index is 5.04. The Kier molecular flexibility index (Phi) is 8.47. The summed E-state index contributed by atoms with van der Waals surface area (Å²) in [5.74, 6) is 0. The van der Waals surface area contributed by atoms with Gasteiger partial charge in [0, 0.05) is 22.6 Å². The SMILES string of the molecule is COCCNCCC(C)(C)CCc1cc(Br)c(C)cc1Br. The minimum atomic E-state index is 0.344. The Morgan fingerprint density at radius 1 is 1.10 bits per heavy atom. The first-order valence-corrected chi connectivity index (χ1v) is 9.08.